The van der Waals surface area contributed by atoms with Crippen LogP contribution in [-0.4, -0.2) is 47.9 Å². The van der Waals surface area contributed by atoms with Crippen LogP contribution >= 0.6 is 0 Å². The number of rotatable bonds is 6. The summed E-state index contributed by atoms with van der Waals surface area (Å²) in [5, 5.41) is 2.83. The van der Waals surface area contributed by atoms with Crippen molar-refractivity contribution in [1.29, 1.82) is 0 Å². The lowest BCUT2D eigenvalue weighted by molar-refractivity contribution is -0.129. The lowest BCUT2D eigenvalue weighted by atomic mass is 9.85. The first kappa shape index (κ1) is 16.8. The number of amides is 3. The van der Waals surface area contributed by atoms with E-state index in [4.69, 9.17) is 0 Å². The van der Waals surface area contributed by atoms with Crippen LogP contribution in [0.4, 0.5) is 4.79 Å². The van der Waals surface area contributed by atoms with Crippen molar-refractivity contribution < 1.29 is 9.59 Å². The number of hydrogen-bond acceptors (Lipinski definition) is 2. The first-order valence-electron chi connectivity index (χ1n) is 9.07. The quantitative estimate of drug-likeness (QED) is 0.872. The van der Waals surface area contributed by atoms with Gasteiger partial charge in [0.15, 0.2) is 0 Å². The van der Waals surface area contributed by atoms with E-state index in [0.717, 1.165) is 38.0 Å². The Kier molecular flexibility index (Phi) is 5.72. The third-order valence-corrected chi connectivity index (χ3v) is 5.06. The Morgan fingerprint density at radius 3 is 2.42 bits per heavy atom. The van der Waals surface area contributed by atoms with Gasteiger partial charge in [0.05, 0.1) is 6.54 Å². The first-order valence-corrected chi connectivity index (χ1v) is 9.07. The zero-order valence-electron chi connectivity index (χ0n) is 14.2. The zero-order chi connectivity index (χ0) is 16.8. The minimum Gasteiger partial charge on any atom is -0.341 e. The maximum Gasteiger partial charge on any atom is 0.318 e. The van der Waals surface area contributed by atoms with Gasteiger partial charge in [-0.25, -0.2) is 4.79 Å². The van der Waals surface area contributed by atoms with Gasteiger partial charge in [0.1, 0.15) is 0 Å². The molecular weight excluding hydrogens is 302 g/mol. The number of urea groups is 1. The summed E-state index contributed by atoms with van der Waals surface area (Å²) in [5.41, 5.74) is 1.12. The molecule has 5 nitrogen and oxygen atoms in total. The van der Waals surface area contributed by atoms with Crippen LogP contribution in [0.5, 0.6) is 0 Å². The summed E-state index contributed by atoms with van der Waals surface area (Å²) in [6.45, 7) is 3.13. The van der Waals surface area contributed by atoms with E-state index in [0.29, 0.717) is 12.5 Å². The standard InChI is InChI=1S/C19H27N3O2/c23-18(21-11-4-5-12-21)13-20-19(24)22(15-17-9-6-10-17)14-16-7-2-1-3-8-16/h1-3,7-8,17H,4-6,9-15H2,(H,20,24). The van der Waals surface area contributed by atoms with Gasteiger partial charge in [0.25, 0.3) is 0 Å². The van der Waals surface area contributed by atoms with E-state index in [1.54, 1.807) is 0 Å². The Bertz CT molecular complexity index is 551. The topological polar surface area (TPSA) is 52.7 Å². The first-order chi connectivity index (χ1) is 11.7. The van der Waals surface area contributed by atoms with Crippen molar-refractivity contribution >= 4 is 11.9 Å². The highest BCUT2D eigenvalue weighted by molar-refractivity contribution is 5.84. The molecule has 5 heteroatoms. The van der Waals surface area contributed by atoms with Gasteiger partial charge < -0.3 is 15.1 Å². The number of benzene rings is 1. The molecule has 3 amide bonds. The Morgan fingerprint density at radius 2 is 1.79 bits per heavy atom. The fourth-order valence-electron chi connectivity index (χ4n) is 3.35. The van der Waals surface area contributed by atoms with Crippen LogP contribution in [0, 0.1) is 5.92 Å². The SMILES string of the molecule is O=C(CNC(=O)N(Cc1ccccc1)CC1CCC1)N1CCCC1. The second-order valence-electron chi connectivity index (χ2n) is 6.91. The van der Waals surface area contributed by atoms with Gasteiger partial charge in [-0.2, -0.15) is 0 Å². The lowest BCUT2D eigenvalue weighted by Crippen LogP contribution is -2.46. The van der Waals surface area contributed by atoms with Crippen LogP contribution in [0.2, 0.25) is 0 Å². The van der Waals surface area contributed by atoms with Crippen LogP contribution in [0.3, 0.4) is 0 Å². The smallest absolute Gasteiger partial charge is 0.318 e. The molecule has 1 aliphatic heterocycles. The summed E-state index contributed by atoms with van der Waals surface area (Å²) >= 11 is 0. The number of carbonyl (C=O) groups is 2. The highest BCUT2D eigenvalue weighted by Crippen LogP contribution is 2.27. The highest BCUT2D eigenvalue weighted by Gasteiger charge is 2.25. The fraction of sp³-hybridized carbons (Fsp3) is 0.579. The third-order valence-electron chi connectivity index (χ3n) is 5.06. The van der Waals surface area contributed by atoms with Gasteiger partial charge in [0, 0.05) is 26.2 Å². The summed E-state index contributed by atoms with van der Waals surface area (Å²) < 4.78 is 0. The summed E-state index contributed by atoms with van der Waals surface area (Å²) in [6.07, 6.45) is 5.80. The molecule has 0 bridgehead atoms. The minimum absolute atomic E-state index is 0.0316. The lowest BCUT2D eigenvalue weighted by Gasteiger charge is -2.32. The molecule has 2 fully saturated rings. The number of nitrogens with zero attached hydrogens (tertiary/aromatic N) is 2. The van der Waals surface area contributed by atoms with E-state index in [1.807, 2.05) is 40.1 Å². The molecule has 1 aromatic rings. The Hall–Kier alpha value is -2.04. The number of hydrogen-bond donors (Lipinski definition) is 1. The van der Waals surface area contributed by atoms with Crippen LogP contribution < -0.4 is 5.32 Å². The Labute approximate surface area is 144 Å². The van der Waals surface area contributed by atoms with Crippen LogP contribution in [0.15, 0.2) is 30.3 Å². The van der Waals surface area contributed by atoms with Gasteiger partial charge in [-0.3, -0.25) is 4.79 Å². The van der Waals surface area contributed by atoms with Crippen LogP contribution in [-0.2, 0) is 11.3 Å². The second-order valence-corrected chi connectivity index (χ2v) is 6.91. The molecule has 1 heterocycles. The summed E-state index contributed by atoms with van der Waals surface area (Å²) in [7, 11) is 0. The van der Waals surface area contributed by atoms with Gasteiger partial charge in [-0.15, -0.1) is 0 Å². The Balaban J connectivity index is 1.54. The van der Waals surface area contributed by atoms with Gasteiger partial charge in [-0.1, -0.05) is 36.8 Å². The van der Waals surface area contributed by atoms with Crippen molar-refractivity contribution in [2.45, 2.75) is 38.6 Å². The molecule has 1 aliphatic carbocycles. The van der Waals surface area contributed by atoms with E-state index in [9.17, 15) is 9.59 Å². The maximum absolute atomic E-state index is 12.6. The number of likely N-dealkylation sites (tertiary alicyclic amines) is 1. The Morgan fingerprint density at radius 1 is 1.08 bits per heavy atom. The molecule has 0 radical (unpaired) electrons. The van der Waals surface area contributed by atoms with Crippen molar-refractivity contribution in [3.63, 3.8) is 0 Å². The molecule has 0 spiro atoms. The average molecular weight is 329 g/mol. The molecule has 0 aromatic heterocycles. The maximum atomic E-state index is 12.6. The highest BCUT2D eigenvalue weighted by atomic mass is 16.2. The van der Waals surface area contributed by atoms with Crippen molar-refractivity contribution in [1.82, 2.24) is 15.1 Å². The molecular formula is C19H27N3O2. The molecule has 130 valence electrons. The monoisotopic (exact) mass is 329 g/mol. The second kappa shape index (κ2) is 8.18. The predicted octanol–water partition coefficient (Wildman–Crippen LogP) is 2.62. The van der Waals surface area contributed by atoms with E-state index in [-0.39, 0.29) is 18.5 Å². The van der Waals surface area contributed by atoms with E-state index >= 15 is 0 Å². The third kappa shape index (κ3) is 4.49. The molecule has 1 saturated heterocycles. The molecule has 1 aromatic carbocycles. The fourth-order valence-corrected chi connectivity index (χ4v) is 3.35. The number of nitrogens with one attached hydrogen (secondary N) is 1. The molecule has 3 rings (SSSR count). The normalized spacial score (nSPS) is 17.4. The molecule has 1 N–H and O–H groups in total. The van der Waals surface area contributed by atoms with Crippen molar-refractivity contribution in [3.8, 4) is 0 Å². The zero-order valence-corrected chi connectivity index (χ0v) is 14.2. The van der Waals surface area contributed by atoms with Crippen LogP contribution in [0.25, 0.3) is 0 Å². The predicted molar refractivity (Wildman–Crippen MR) is 93.4 cm³/mol. The van der Waals surface area contributed by atoms with Gasteiger partial charge >= 0.3 is 6.03 Å². The van der Waals surface area contributed by atoms with Gasteiger partial charge in [-0.05, 0) is 37.2 Å². The van der Waals surface area contributed by atoms with E-state index in [2.05, 4.69) is 5.32 Å². The average Bonchev–Trinajstić information content (AvgIpc) is 3.10. The molecule has 0 unspecified atom stereocenters. The largest absolute Gasteiger partial charge is 0.341 e. The molecule has 0 atom stereocenters. The van der Waals surface area contributed by atoms with E-state index in [1.165, 1.54) is 19.3 Å². The van der Waals surface area contributed by atoms with Crippen molar-refractivity contribution in [3.05, 3.63) is 35.9 Å². The molecule has 2 aliphatic rings. The summed E-state index contributed by atoms with van der Waals surface area (Å²) in [6, 6.07) is 9.91. The minimum atomic E-state index is -0.127. The number of carbonyl (C=O) groups excluding carboxylic acids is 2. The van der Waals surface area contributed by atoms with Gasteiger partial charge in [0.2, 0.25) is 5.91 Å². The summed E-state index contributed by atoms with van der Waals surface area (Å²) in [4.78, 5) is 28.4. The van der Waals surface area contributed by atoms with Crippen molar-refractivity contribution in [2.24, 2.45) is 5.92 Å². The van der Waals surface area contributed by atoms with Crippen molar-refractivity contribution in [2.75, 3.05) is 26.2 Å². The molecule has 1 saturated carbocycles. The summed E-state index contributed by atoms with van der Waals surface area (Å²) in [5.74, 6) is 0.637. The molecule has 24 heavy (non-hydrogen) atoms. The van der Waals surface area contributed by atoms with Crippen LogP contribution in [0.1, 0.15) is 37.7 Å². The van der Waals surface area contributed by atoms with E-state index < -0.39 is 0 Å².